The summed E-state index contributed by atoms with van der Waals surface area (Å²) in [5.41, 5.74) is 2.21. The minimum Gasteiger partial charge on any atom is -0.490 e. The predicted molar refractivity (Wildman–Crippen MR) is 122 cm³/mol. The molecule has 1 saturated heterocycles. The molecule has 0 aromatic heterocycles. The highest BCUT2D eigenvalue weighted by atomic mass is 79.9. The fourth-order valence-electron chi connectivity index (χ4n) is 2.84. The zero-order valence-corrected chi connectivity index (χ0v) is 19.2. The molecule has 0 unspecified atom stereocenters. The van der Waals surface area contributed by atoms with Crippen LogP contribution in [0, 0.1) is 0 Å². The number of likely N-dealkylation sites (N-methyl/N-ethyl adjacent to an activating group) is 1. The van der Waals surface area contributed by atoms with Crippen LogP contribution >= 0.6 is 39.7 Å². The summed E-state index contributed by atoms with van der Waals surface area (Å²) >= 11 is 14.7. The summed E-state index contributed by atoms with van der Waals surface area (Å²) in [6.07, 6.45) is 1.75. The quantitative estimate of drug-likeness (QED) is 0.425. The van der Waals surface area contributed by atoms with Crippen molar-refractivity contribution in [2.75, 3.05) is 13.2 Å². The largest absolute Gasteiger partial charge is 0.490 e. The molecule has 1 aliphatic rings. The molecule has 0 atom stereocenters. The van der Waals surface area contributed by atoms with E-state index in [4.69, 9.17) is 33.3 Å². The van der Waals surface area contributed by atoms with Crippen LogP contribution in [0.5, 0.6) is 11.5 Å². The van der Waals surface area contributed by atoms with E-state index in [1.165, 1.54) is 4.90 Å². The Labute approximate surface area is 188 Å². The normalized spacial score (nSPS) is 15.0. The lowest BCUT2D eigenvalue weighted by Gasteiger charge is -2.15. The Balaban J connectivity index is 1.86. The number of hydrogen-bond acceptors (Lipinski definition) is 4. The molecule has 152 valence electrons. The number of amides is 1. The summed E-state index contributed by atoms with van der Waals surface area (Å²) in [4.78, 5) is 13.9. The van der Waals surface area contributed by atoms with E-state index >= 15 is 0 Å². The Bertz CT molecular complexity index is 963. The number of rotatable bonds is 7. The van der Waals surface area contributed by atoms with Crippen molar-refractivity contribution in [1.82, 2.24) is 10.2 Å². The first-order chi connectivity index (χ1) is 13.9. The van der Waals surface area contributed by atoms with Gasteiger partial charge in [-0.05, 0) is 83.5 Å². The van der Waals surface area contributed by atoms with Crippen LogP contribution < -0.4 is 14.8 Å². The Hall–Kier alpha value is -2.09. The van der Waals surface area contributed by atoms with Crippen LogP contribution in [0.4, 0.5) is 0 Å². The zero-order valence-electron chi connectivity index (χ0n) is 16.0. The monoisotopic (exact) mass is 494 g/mol. The molecule has 0 bridgehead atoms. The molecule has 0 radical (unpaired) electrons. The van der Waals surface area contributed by atoms with Crippen molar-refractivity contribution in [2.24, 2.45) is 0 Å². The SMILES string of the molecule is CCOc1cc(/C=C2\NC(=S)N(CC)C2=O)cc(Br)c1OCc1ccc(Cl)cc1. The lowest BCUT2D eigenvalue weighted by molar-refractivity contribution is -0.122. The second-order valence-corrected chi connectivity index (χ2v) is 7.89. The fourth-order valence-corrected chi connectivity index (χ4v) is 3.86. The molecule has 1 aliphatic heterocycles. The van der Waals surface area contributed by atoms with E-state index in [1.54, 1.807) is 6.08 Å². The lowest BCUT2D eigenvalue weighted by Crippen LogP contribution is -2.30. The summed E-state index contributed by atoms with van der Waals surface area (Å²) in [6.45, 7) is 5.16. The smallest absolute Gasteiger partial charge is 0.276 e. The number of ether oxygens (including phenoxy) is 2. The predicted octanol–water partition coefficient (Wildman–Crippen LogP) is 5.16. The van der Waals surface area contributed by atoms with Crippen LogP contribution in [0.1, 0.15) is 25.0 Å². The minimum absolute atomic E-state index is 0.144. The molecule has 29 heavy (non-hydrogen) atoms. The molecule has 1 amide bonds. The summed E-state index contributed by atoms with van der Waals surface area (Å²) < 4.78 is 12.5. The first-order valence-electron chi connectivity index (χ1n) is 9.11. The van der Waals surface area contributed by atoms with Gasteiger partial charge in [-0.25, -0.2) is 0 Å². The third-order valence-corrected chi connectivity index (χ3v) is 5.38. The molecule has 0 spiro atoms. The van der Waals surface area contributed by atoms with Gasteiger partial charge in [0.15, 0.2) is 16.6 Å². The molecule has 5 nitrogen and oxygen atoms in total. The van der Waals surface area contributed by atoms with Crippen molar-refractivity contribution in [3.63, 3.8) is 0 Å². The maximum atomic E-state index is 12.4. The third kappa shape index (κ3) is 5.10. The average Bonchev–Trinajstić information content (AvgIpc) is 2.95. The van der Waals surface area contributed by atoms with Crippen molar-refractivity contribution >= 4 is 56.8 Å². The summed E-state index contributed by atoms with van der Waals surface area (Å²) in [5.74, 6) is 1.04. The molecule has 0 saturated carbocycles. The van der Waals surface area contributed by atoms with Crippen LogP contribution in [-0.2, 0) is 11.4 Å². The molecule has 1 fully saturated rings. The van der Waals surface area contributed by atoms with Gasteiger partial charge in [0.05, 0.1) is 11.1 Å². The molecule has 3 rings (SSSR count). The molecule has 0 aliphatic carbocycles. The van der Waals surface area contributed by atoms with Crippen molar-refractivity contribution in [1.29, 1.82) is 0 Å². The van der Waals surface area contributed by atoms with Crippen molar-refractivity contribution < 1.29 is 14.3 Å². The average molecular weight is 496 g/mol. The number of halogens is 2. The Morgan fingerprint density at radius 1 is 1.21 bits per heavy atom. The Morgan fingerprint density at radius 2 is 1.93 bits per heavy atom. The molecule has 8 heteroatoms. The molecular formula is C21H20BrClN2O3S. The van der Waals surface area contributed by atoms with Crippen LogP contribution in [0.2, 0.25) is 5.02 Å². The number of nitrogens with zero attached hydrogens (tertiary/aromatic N) is 1. The van der Waals surface area contributed by atoms with E-state index in [0.717, 1.165) is 15.6 Å². The third-order valence-electron chi connectivity index (χ3n) is 4.22. The first-order valence-corrected chi connectivity index (χ1v) is 10.7. The lowest BCUT2D eigenvalue weighted by atomic mass is 10.1. The van der Waals surface area contributed by atoms with Gasteiger partial charge in [-0.1, -0.05) is 23.7 Å². The second kappa shape index (κ2) is 9.61. The van der Waals surface area contributed by atoms with E-state index in [-0.39, 0.29) is 5.91 Å². The number of hydrogen-bond donors (Lipinski definition) is 1. The standard InChI is InChI=1S/C21H20BrClN2O3S/c1-3-25-20(26)17(24-21(25)29)10-14-9-16(22)19(18(11-14)27-4-2)28-12-13-5-7-15(23)8-6-13/h5-11H,3-4,12H2,1-2H3,(H,24,29)/b17-10-. The van der Waals surface area contributed by atoms with Gasteiger partial charge in [0.25, 0.3) is 5.91 Å². The highest BCUT2D eigenvalue weighted by molar-refractivity contribution is 9.10. The second-order valence-electron chi connectivity index (χ2n) is 6.22. The van der Waals surface area contributed by atoms with Gasteiger partial charge in [-0.15, -0.1) is 0 Å². The van der Waals surface area contributed by atoms with Crippen LogP contribution in [0.25, 0.3) is 6.08 Å². The van der Waals surface area contributed by atoms with Crippen molar-refractivity contribution in [3.05, 3.63) is 62.7 Å². The summed E-state index contributed by atoms with van der Waals surface area (Å²) in [6, 6.07) is 11.2. The first kappa shape index (κ1) is 21.6. The van der Waals surface area contributed by atoms with Crippen LogP contribution in [-0.4, -0.2) is 29.1 Å². The molecular weight excluding hydrogens is 476 g/mol. The van der Waals surface area contributed by atoms with Crippen molar-refractivity contribution in [2.45, 2.75) is 20.5 Å². The van der Waals surface area contributed by atoms with Crippen LogP contribution in [0.3, 0.4) is 0 Å². The topological polar surface area (TPSA) is 50.8 Å². The van der Waals surface area contributed by atoms with Gasteiger partial charge in [0.1, 0.15) is 12.3 Å². The van der Waals surface area contributed by atoms with Gasteiger partial charge in [0, 0.05) is 11.6 Å². The minimum atomic E-state index is -0.144. The summed E-state index contributed by atoms with van der Waals surface area (Å²) in [7, 11) is 0. The van der Waals surface area contributed by atoms with Crippen LogP contribution in [0.15, 0.2) is 46.6 Å². The highest BCUT2D eigenvalue weighted by Gasteiger charge is 2.29. The number of thiocarbonyl (C=S) groups is 1. The molecule has 1 N–H and O–H groups in total. The number of nitrogens with one attached hydrogen (secondary N) is 1. The van der Waals surface area contributed by atoms with Gasteiger partial charge in [-0.2, -0.15) is 0 Å². The van der Waals surface area contributed by atoms with Gasteiger partial charge in [0.2, 0.25) is 0 Å². The van der Waals surface area contributed by atoms with Gasteiger partial charge in [-0.3, -0.25) is 9.69 Å². The maximum Gasteiger partial charge on any atom is 0.276 e. The van der Waals surface area contributed by atoms with Crippen molar-refractivity contribution in [3.8, 4) is 11.5 Å². The molecule has 2 aromatic carbocycles. The molecule has 1 heterocycles. The number of benzene rings is 2. The maximum absolute atomic E-state index is 12.4. The highest BCUT2D eigenvalue weighted by Crippen LogP contribution is 2.38. The van der Waals surface area contributed by atoms with E-state index in [1.807, 2.05) is 50.2 Å². The van der Waals surface area contributed by atoms with E-state index in [0.29, 0.717) is 47.1 Å². The summed E-state index contributed by atoms with van der Waals surface area (Å²) in [5, 5.41) is 4.05. The van der Waals surface area contributed by atoms with E-state index in [9.17, 15) is 4.79 Å². The van der Waals surface area contributed by atoms with E-state index < -0.39 is 0 Å². The number of carbonyl (C=O) groups is 1. The van der Waals surface area contributed by atoms with Gasteiger partial charge >= 0.3 is 0 Å². The fraction of sp³-hybridized carbons (Fsp3) is 0.238. The van der Waals surface area contributed by atoms with E-state index in [2.05, 4.69) is 21.2 Å². The zero-order chi connectivity index (χ0) is 21.0. The molecule has 2 aromatic rings. The van der Waals surface area contributed by atoms with Gasteiger partial charge < -0.3 is 14.8 Å². The Morgan fingerprint density at radius 3 is 2.55 bits per heavy atom. The number of carbonyl (C=O) groups excluding carboxylic acids is 1. The Kier molecular flexibility index (Phi) is 7.16.